The highest BCUT2D eigenvalue weighted by atomic mass is 15.3. The predicted octanol–water partition coefficient (Wildman–Crippen LogP) is 2.68. The summed E-state index contributed by atoms with van der Waals surface area (Å²) in [5, 5.41) is 28.3. The Morgan fingerprint density at radius 1 is 1.12 bits per heavy atom. The summed E-state index contributed by atoms with van der Waals surface area (Å²) in [6.45, 7) is 1.85. The van der Waals surface area contributed by atoms with Gasteiger partial charge in [0, 0.05) is 35.3 Å². The van der Waals surface area contributed by atoms with Crippen LogP contribution in [0.2, 0.25) is 0 Å². The number of aryl methyl sites for hydroxylation is 1. The topological polar surface area (TPSA) is 107 Å². The SMILES string of the molecule is Cc1ccc(=N)n(C(=N)Cc2ccc3ncc(-c4cn[nH]c4)cc3c2)n1. The molecule has 0 aliphatic carbocycles. The van der Waals surface area contributed by atoms with E-state index in [0.29, 0.717) is 6.42 Å². The summed E-state index contributed by atoms with van der Waals surface area (Å²) >= 11 is 0. The van der Waals surface area contributed by atoms with E-state index in [-0.39, 0.29) is 11.3 Å². The van der Waals surface area contributed by atoms with Gasteiger partial charge in [-0.1, -0.05) is 6.07 Å². The molecule has 26 heavy (non-hydrogen) atoms. The van der Waals surface area contributed by atoms with Crippen LogP contribution in [0.5, 0.6) is 0 Å². The lowest BCUT2D eigenvalue weighted by Gasteiger charge is -2.09. The first-order chi connectivity index (χ1) is 12.6. The van der Waals surface area contributed by atoms with Gasteiger partial charge in [0.15, 0.2) is 0 Å². The number of hydrogen-bond acceptors (Lipinski definition) is 5. The van der Waals surface area contributed by atoms with E-state index >= 15 is 0 Å². The van der Waals surface area contributed by atoms with Crippen molar-refractivity contribution in [1.82, 2.24) is 25.0 Å². The van der Waals surface area contributed by atoms with Crippen molar-refractivity contribution in [2.75, 3.05) is 0 Å². The first kappa shape index (κ1) is 15.9. The molecule has 3 N–H and O–H groups in total. The van der Waals surface area contributed by atoms with Gasteiger partial charge in [-0.3, -0.25) is 20.9 Å². The summed E-state index contributed by atoms with van der Waals surface area (Å²) in [5.41, 5.74) is 4.82. The van der Waals surface area contributed by atoms with Gasteiger partial charge in [0.1, 0.15) is 11.3 Å². The summed E-state index contributed by atoms with van der Waals surface area (Å²) in [6.07, 6.45) is 5.81. The molecule has 0 aliphatic heterocycles. The molecule has 0 aliphatic rings. The number of aromatic amines is 1. The Morgan fingerprint density at radius 3 is 2.81 bits per heavy atom. The fourth-order valence-electron chi connectivity index (χ4n) is 2.85. The largest absolute Gasteiger partial charge is 0.286 e. The van der Waals surface area contributed by atoms with Gasteiger partial charge < -0.3 is 0 Å². The summed E-state index contributed by atoms with van der Waals surface area (Å²) in [6, 6.07) is 11.4. The fraction of sp³-hybridized carbons (Fsp3) is 0.105. The van der Waals surface area contributed by atoms with Crippen molar-refractivity contribution in [1.29, 1.82) is 10.8 Å². The number of hydrogen-bond donors (Lipinski definition) is 3. The molecule has 1 aromatic carbocycles. The molecule has 0 spiro atoms. The predicted molar refractivity (Wildman–Crippen MR) is 99.0 cm³/mol. The van der Waals surface area contributed by atoms with Crippen LogP contribution in [0.3, 0.4) is 0 Å². The van der Waals surface area contributed by atoms with E-state index < -0.39 is 0 Å². The number of rotatable bonds is 3. The molecule has 0 saturated heterocycles. The van der Waals surface area contributed by atoms with Crippen LogP contribution in [-0.4, -0.2) is 30.8 Å². The van der Waals surface area contributed by atoms with E-state index in [0.717, 1.165) is 33.3 Å². The van der Waals surface area contributed by atoms with Crippen molar-refractivity contribution in [3.63, 3.8) is 0 Å². The molecule has 0 fully saturated rings. The molecule has 3 aromatic heterocycles. The smallest absolute Gasteiger partial charge is 0.148 e. The van der Waals surface area contributed by atoms with Crippen molar-refractivity contribution in [2.24, 2.45) is 0 Å². The number of nitrogens with one attached hydrogen (secondary N) is 3. The Labute approximate surface area is 149 Å². The Bertz CT molecular complexity index is 1160. The second kappa shape index (κ2) is 6.36. The average molecular weight is 343 g/mol. The van der Waals surface area contributed by atoms with Crippen molar-refractivity contribution >= 4 is 16.7 Å². The molecule has 4 rings (SSSR count). The first-order valence-electron chi connectivity index (χ1n) is 8.17. The molecule has 0 amide bonds. The molecule has 128 valence electrons. The Hall–Kier alpha value is -3.61. The Balaban J connectivity index is 1.67. The van der Waals surface area contributed by atoms with Crippen LogP contribution in [0, 0.1) is 17.7 Å². The van der Waals surface area contributed by atoms with Gasteiger partial charge in [-0.2, -0.15) is 10.2 Å². The minimum Gasteiger partial charge on any atom is -0.286 e. The lowest BCUT2D eigenvalue weighted by molar-refractivity contribution is 0.776. The maximum atomic E-state index is 8.32. The Morgan fingerprint density at radius 2 is 2.00 bits per heavy atom. The average Bonchev–Trinajstić information content (AvgIpc) is 3.18. The standard InChI is InChI=1S/C19H17N7/c1-12-2-5-18(20)26(25-12)19(21)7-13-3-4-17-14(6-13)8-15(9-22-17)16-10-23-24-11-16/h2-6,8-11,20-21H,7H2,1H3,(H,23,24). The van der Waals surface area contributed by atoms with Gasteiger partial charge in [0.25, 0.3) is 0 Å². The van der Waals surface area contributed by atoms with Crippen LogP contribution in [0.1, 0.15) is 11.3 Å². The highest BCUT2D eigenvalue weighted by Gasteiger charge is 2.07. The summed E-state index contributed by atoms with van der Waals surface area (Å²) in [5.74, 6) is 0.261. The van der Waals surface area contributed by atoms with Gasteiger partial charge in [0.2, 0.25) is 0 Å². The maximum Gasteiger partial charge on any atom is 0.148 e. The van der Waals surface area contributed by atoms with Crippen LogP contribution in [0.25, 0.3) is 22.0 Å². The fourth-order valence-corrected chi connectivity index (χ4v) is 2.85. The van der Waals surface area contributed by atoms with Gasteiger partial charge >= 0.3 is 0 Å². The third-order valence-electron chi connectivity index (χ3n) is 4.17. The molecular weight excluding hydrogens is 326 g/mol. The van der Waals surface area contributed by atoms with Crippen molar-refractivity contribution in [3.8, 4) is 11.1 Å². The molecule has 0 unspecified atom stereocenters. The second-order valence-electron chi connectivity index (χ2n) is 6.13. The molecule has 0 atom stereocenters. The molecule has 7 nitrogen and oxygen atoms in total. The van der Waals surface area contributed by atoms with Crippen LogP contribution >= 0.6 is 0 Å². The zero-order valence-corrected chi connectivity index (χ0v) is 14.2. The summed E-state index contributed by atoms with van der Waals surface area (Å²) in [4.78, 5) is 4.50. The van der Waals surface area contributed by atoms with E-state index in [1.165, 1.54) is 4.68 Å². The van der Waals surface area contributed by atoms with Crippen molar-refractivity contribution in [2.45, 2.75) is 13.3 Å². The molecule has 0 saturated carbocycles. The molecule has 4 aromatic rings. The van der Waals surface area contributed by atoms with Gasteiger partial charge in [0.05, 0.1) is 17.4 Å². The van der Waals surface area contributed by atoms with Crippen molar-refractivity contribution in [3.05, 3.63) is 71.7 Å². The lowest BCUT2D eigenvalue weighted by atomic mass is 10.0. The molecule has 0 radical (unpaired) electrons. The number of pyridine rings is 1. The summed E-state index contributed by atoms with van der Waals surface area (Å²) < 4.78 is 1.36. The Kier molecular flexibility index (Phi) is 3.89. The van der Waals surface area contributed by atoms with Gasteiger partial charge in [-0.15, -0.1) is 0 Å². The van der Waals surface area contributed by atoms with Crippen LogP contribution in [0.15, 0.2) is 55.0 Å². The number of benzene rings is 1. The highest BCUT2D eigenvalue weighted by Crippen LogP contribution is 2.22. The van der Waals surface area contributed by atoms with E-state index in [1.54, 1.807) is 18.3 Å². The normalized spacial score (nSPS) is 11.0. The van der Waals surface area contributed by atoms with Gasteiger partial charge in [-0.05, 0) is 42.8 Å². The number of aromatic nitrogens is 5. The monoisotopic (exact) mass is 343 g/mol. The van der Waals surface area contributed by atoms with E-state index in [9.17, 15) is 0 Å². The quantitative estimate of drug-likeness (QED) is 0.393. The van der Waals surface area contributed by atoms with E-state index in [2.05, 4.69) is 26.3 Å². The number of nitrogens with zero attached hydrogens (tertiary/aromatic N) is 4. The molecular formula is C19H17N7. The number of fused-ring (bicyclic) bond motifs is 1. The highest BCUT2D eigenvalue weighted by molar-refractivity contribution is 5.87. The van der Waals surface area contributed by atoms with Crippen molar-refractivity contribution < 1.29 is 0 Å². The second-order valence-corrected chi connectivity index (χ2v) is 6.13. The maximum absolute atomic E-state index is 8.32. The number of H-pyrrole nitrogens is 1. The van der Waals surface area contributed by atoms with Crippen LogP contribution in [0.4, 0.5) is 0 Å². The van der Waals surface area contributed by atoms with Gasteiger partial charge in [-0.25, -0.2) is 4.68 Å². The zero-order chi connectivity index (χ0) is 18.1. The molecule has 0 bridgehead atoms. The van der Waals surface area contributed by atoms with Crippen LogP contribution in [-0.2, 0) is 6.42 Å². The third-order valence-corrected chi connectivity index (χ3v) is 4.17. The molecule has 7 heteroatoms. The third kappa shape index (κ3) is 3.02. The molecule has 3 heterocycles. The minimum absolute atomic E-state index is 0.199. The zero-order valence-electron chi connectivity index (χ0n) is 14.2. The lowest BCUT2D eigenvalue weighted by Crippen LogP contribution is -2.30. The van der Waals surface area contributed by atoms with E-state index in [4.69, 9.17) is 10.8 Å². The first-order valence-corrected chi connectivity index (χ1v) is 8.17. The van der Waals surface area contributed by atoms with E-state index in [1.807, 2.05) is 37.5 Å². The van der Waals surface area contributed by atoms with Crippen LogP contribution < -0.4 is 5.49 Å². The summed E-state index contributed by atoms with van der Waals surface area (Å²) in [7, 11) is 0. The minimum atomic E-state index is 0.199.